The van der Waals surface area contributed by atoms with E-state index in [9.17, 15) is 0 Å². The summed E-state index contributed by atoms with van der Waals surface area (Å²) >= 11 is 0. The first kappa shape index (κ1) is 21.5. The summed E-state index contributed by atoms with van der Waals surface area (Å²) in [4.78, 5) is 2.36. The number of nitrogens with two attached hydrogens (primary N) is 1. The van der Waals surface area contributed by atoms with Crippen LogP contribution in [0, 0.1) is 0 Å². The molecule has 7 heteroatoms. The van der Waals surface area contributed by atoms with Crippen LogP contribution in [0.2, 0.25) is 6.04 Å². The van der Waals surface area contributed by atoms with Crippen molar-refractivity contribution < 1.29 is 13.3 Å². The van der Waals surface area contributed by atoms with Crippen molar-refractivity contribution in [1.82, 2.24) is 4.90 Å². The van der Waals surface area contributed by atoms with Gasteiger partial charge in [0.1, 0.15) is 0 Å². The summed E-state index contributed by atoms with van der Waals surface area (Å²) < 4.78 is 16.3. The van der Waals surface area contributed by atoms with E-state index in [2.05, 4.69) is 29.2 Å². The lowest BCUT2D eigenvalue weighted by molar-refractivity contribution is 0.121. The fourth-order valence-electron chi connectivity index (χ4n) is 2.37. The Balaban J connectivity index is 0.00000441. The summed E-state index contributed by atoms with van der Waals surface area (Å²) in [5.74, 6) is 0. The van der Waals surface area contributed by atoms with Gasteiger partial charge in [-0.25, -0.2) is 0 Å². The molecule has 0 heterocycles. The molecule has 0 radical (unpaired) electrons. The van der Waals surface area contributed by atoms with Gasteiger partial charge in [0, 0.05) is 47.0 Å². The van der Waals surface area contributed by atoms with E-state index in [-0.39, 0.29) is 12.4 Å². The zero-order chi connectivity index (χ0) is 15.6. The zero-order valence-electron chi connectivity index (χ0n) is 13.8. The third-order valence-electron chi connectivity index (χ3n) is 3.58. The van der Waals surface area contributed by atoms with Gasteiger partial charge in [-0.1, -0.05) is 30.3 Å². The SMILES string of the molecule is CO[Si](CCCN(CCN)Cc1ccccc1)(OC)OC.Cl. The summed E-state index contributed by atoms with van der Waals surface area (Å²) in [6, 6.07) is 11.3. The summed E-state index contributed by atoms with van der Waals surface area (Å²) in [7, 11) is 2.50. The first-order chi connectivity index (χ1) is 10.2. The quantitative estimate of drug-likeness (QED) is 0.621. The molecule has 0 fully saturated rings. The molecule has 2 N–H and O–H groups in total. The lowest BCUT2D eigenvalue weighted by Crippen LogP contribution is -2.43. The average Bonchev–Trinajstić information content (AvgIpc) is 2.53. The van der Waals surface area contributed by atoms with Crippen LogP contribution in [-0.2, 0) is 19.8 Å². The van der Waals surface area contributed by atoms with Crippen molar-refractivity contribution in [3.63, 3.8) is 0 Å². The van der Waals surface area contributed by atoms with Gasteiger partial charge in [-0.15, -0.1) is 12.4 Å². The van der Waals surface area contributed by atoms with Crippen LogP contribution in [-0.4, -0.2) is 54.7 Å². The van der Waals surface area contributed by atoms with E-state index >= 15 is 0 Å². The largest absolute Gasteiger partial charge is 0.500 e. The second-order valence-corrected chi connectivity index (χ2v) is 8.04. The second kappa shape index (κ2) is 12.0. The number of hydrogen-bond donors (Lipinski definition) is 1. The van der Waals surface area contributed by atoms with E-state index in [0.717, 1.165) is 32.1 Å². The van der Waals surface area contributed by atoms with E-state index in [1.54, 1.807) is 21.3 Å². The van der Waals surface area contributed by atoms with Crippen molar-refractivity contribution in [3.05, 3.63) is 35.9 Å². The van der Waals surface area contributed by atoms with Gasteiger partial charge in [-0.2, -0.15) is 0 Å². The van der Waals surface area contributed by atoms with Gasteiger partial charge >= 0.3 is 8.80 Å². The summed E-state index contributed by atoms with van der Waals surface area (Å²) in [6.45, 7) is 3.42. The molecule has 0 saturated carbocycles. The molecule has 1 aromatic rings. The maximum Gasteiger partial charge on any atom is 0.500 e. The van der Waals surface area contributed by atoms with E-state index in [1.807, 2.05) is 6.07 Å². The molecule has 0 bridgehead atoms. The van der Waals surface area contributed by atoms with Crippen molar-refractivity contribution >= 4 is 21.2 Å². The molecule has 22 heavy (non-hydrogen) atoms. The Kier molecular flexibility index (Phi) is 11.8. The number of benzene rings is 1. The van der Waals surface area contributed by atoms with Crippen LogP contribution in [0.5, 0.6) is 0 Å². The Hall–Kier alpha value is -0.473. The van der Waals surface area contributed by atoms with Crippen LogP contribution in [0.1, 0.15) is 12.0 Å². The predicted molar refractivity (Wildman–Crippen MR) is 94.2 cm³/mol. The first-order valence-electron chi connectivity index (χ1n) is 7.31. The Labute approximate surface area is 141 Å². The molecule has 1 aromatic carbocycles. The highest BCUT2D eigenvalue weighted by Crippen LogP contribution is 2.16. The highest BCUT2D eigenvalue weighted by molar-refractivity contribution is 6.60. The number of rotatable bonds is 11. The molecule has 0 aliphatic rings. The summed E-state index contributed by atoms with van der Waals surface area (Å²) in [5.41, 5.74) is 7.02. The third-order valence-corrected chi connectivity index (χ3v) is 6.42. The maximum atomic E-state index is 5.71. The maximum absolute atomic E-state index is 5.71. The molecule has 0 aliphatic heterocycles. The molecular weight excluding hydrogens is 320 g/mol. The lowest BCUT2D eigenvalue weighted by Gasteiger charge is -2.26. The van der Waals surface area contributed by atoms with Gasteiger partial charge in [0.2, 0.25) is 0 Å². The van der Waals surface area contributed by atoms with Crippen LogP contribution < -0.4 is 5.73 Å². The van der Waals surface area contributed by atoms with Crippen LogP contribution in [0.25, 0.3) is 0 Å². The van der Waals surface area contributed by atoms with Gasteiger partial charge in [0.05, 0.1) is 0 Å². The van der Waals surface area contributed by atoms with Crippen LogP contribution in [0.4, 0.5) is 0 Å². The molecule has 0 atom stereocenters. The Morgan fingerprint density at radius 1 is 1.00 bits per heavy atom. The van der Waals surface area contributed by atoms with Gasteiger partial charge in [-0.3, -0.25) is 4.90 Å². The van der Waals surface area contributed by atoms with Crippen LogP contribution >= 0.6 is 12.4 Å². The zero-order valence-corrected chi connectivity index (χ0v) is 15.6. The smallest absolute Gasteiger partial charge is 0.377 e. The molecule has 5 nitrogen and oxygen atoms in total. The number of halogens is 1. The topological polar surface area (TPSA) is 57.0 Å². The van der Waals surface area contributed by atoms with E-state index < -0.39 is 8.80 Å². The van der Waals surface area contributed by atoms with E-state index in [0.29, 0.717) is 6.54 Å². The molecule has 0 amide bonds. The van der Waals surface area contributed by atoms with Crippen LogP contribution in [0.15, 0.2) is 30.3 Å². The molecule has 1 rings (SSSR count). The molecular formula is C15H29ClN2O3Si. The fraction of sp³-hybridized carbons (Fsp3) is 0.600. The van der Waals surface area contributed by atoms with Gasteiger partial charge < -0.3 is 19.0 Å². The lowest BCUT2D eigenvalue weighted by atomic mass is 10.2. The summed E-state index contributed by atoms with van der Waals surface area (Å²) in [5, 5.41) is 0. The average molecular weight is 349 g/mol. The number of hydrogen-bond acceptors (Lipinski definition) is 5. The Bertz CT molecular complexity index is 372. The number of nitrogens with zero attached hydrogens (tertiary/aromatic N) is 1. The highest BCUT2D eigenvalue weighted by atomic mass is 35.5. The third kappa shape index (κ3) is 7.19. The summed E-state index contributed by atoms with van der Waals surface area (Å²) in [6.07, 6.45) is 0.967. The molecule has 0 saturated heterocycles. The standard InChI is InChI=1S/C15H28N2O3Si.ClH/c1-18-21(19-2,20-3)13-7-11-17(12-10-16)14-15-8-5-4-6-9-15;/h4-6,8-9H,7,10-14,16H2,1-3H3;1H. The van der Waals surface area contributed by atoms with E-state index in [4.69, 9.17) is 19.0 Å². The monoisotopic (exact) mass is 348 g/mol. The van der Waals surface area contributed by atoms with Gasteiger partial charge in [-0.05, 0) is 18.5 Å². The van der Waals surface area contributed by atoms with Crippen molar-refractivity contribution in [3.8, 4) is 0 Å². The molecule has 0 unspecified atom stereocenters. The minimum absolute atomic E-state index is 0. The van der Waals surface area contributed by atoms with E-state index in [1.165, 1.54) is 5.56 Å². The minimum atomic E-state index is -2.46. The molecule has 0 aromatic heterocycles. The van der Waals surface area contributed by atoms with Gasteiger partial charge in [0.25, 0.3) is 0 Å². The van der Waals surface area contributed by atoms with Crippen molar-refractivity contribution in [1.29, 1.82) is 0 Å². The molecule has 0 spiro atoms. The van der Waals surface area contributed by atoms with Crippen molar-refractivity contribution in [2.45, 2.75) is 19.0 Å². The fourth-order valence-corrected chi connectivity index (χ4v) is 4.07. The molecule has 0 aliphatic carbocycles. The first-order valence-corrected chi connectivity index (χ1v) is 9.24. The van der Waals surface area contributed by atoms with Crippen molar-refractivity contribution in [2.24, 2.45) is 5.73 Å². The molecule has 128 valence electrons. The second-order valence-electron chi connectivity index (χ2n) is 4.95. The van der Waals surface area contributed by atoms with Crippen LogP contribution in [0.3, 0.4) is 0 Å². The van der Waals surface area contributed by atoms with Gasteiger partial charge in [0.15, 0.2) is 0 Å². The highest BCUT2D eigenvalue weighted by Gasteiger charge is 2.36. The predicted octanol–water partition coefficient (Wildman–Crippen LogP) is 2.14. The normalized spacial score (nSPS) is 11.5. The Morgan fingerprint density at radius 3 is 2.09 bits per heavy atom. The minimum Gasteiger partial charge on any atom is -0.377 e. The Morgan fingerprint density at radius 2 is 1.59 bits per heavy atom. The van der Waals surface area contributed by atoms with Crippen molar-refractivity contribution in [2.75, 3.05) is 41.0 Å².